The minimum absolute atomic E-state index is 0.734. The summed E-state index contributed by atoms with van der Waals surface area (Å²) in [5, 5.41) is 9.62. The fourth-order valence-corrected chi connectivity index (χ4v) is 12.1. The Balaban J connectivity index is 1.32. The zero-order chi connectivity index (χ0) is 36.7. The van der Waals surface area contributed by atoms with Gasteiger partial charge in [-0.3, -0.25) is 4.57 Å². The summed E-state index contributed by atoms with van der Waals surface area (Å²) in [5.41, 5.74) is 9.67. The van der Waals surface area contributed by atoms with E-state index < -0.39 is 7.14 Å². The number of imidazole rings is 1. The zero-order valence-corrected chi connectivity index (χ0v) is 31.2. The van der Waals surface area contributed by atoms with Gasteiger partial charge >= 0.3 is 0 Å². The van der Waals surface area contributed by atoms with Crippen molar-refractivity contribution in [3.05, 3.63) is 188 Å². The Morgan fingerprint density at radius 1 is 0.509 bits per heavy atom. The van der Waals surface area contributed by atoms with E-state index in [1.807, 2.05) is 36.4 Å². The zero-order valence-electron chi connectivity index (χ0n) is 30.3. The van der Waals surface area contributed by atoms with Gasteiger partial charge in [-0.2, -0.15) is 0 Å². The topological polar surface area (TPSA) is 34.9 Å². The highest BCUT2D eigenvalue weighted by molar-refractivity contribution is 7.86. The molecule has 0 fully saturated rings. The molecule has 1 aliphatic rings. The van der Waals surface area contributed by atoms with E-state index in [4.69, 9.17) is 4.98 Å². The van der Waals surface area contributed by atoms with E-state index >= 15 is 4.57 Å². The summed E-state index contributed by atoms with van der Waals surface area (Å²) in [6.07, 6.45) is 0.734. The maximum absolute atomic E-state index is 16.2. The summed E-state index contributed by atoms with van der Waals surface area (Å²) < 4.78 is 18.5. The van der Waals surface area contributed by atoms with Gasteiger partial charge in [0.05, 0.1) is 16.7 Å². The van der Waals surface area contributed by atoms with Gasteiger partial charge in [0, 0.05) is 27.9 Å². The van der Waals surface area contributed by atoms with Crippen LogP contribution in [-0.4, -0.2) is 9.55 Å². The summed E-state index contributed by atoms with van der Waals surface area (Å²) in [5.74, 6) is 0.960. The number of aromatic nitrogens is 2. The van der Waals surface area contributed by atoms with Gasteiger partial charge in [0.25, 0.3) is 0 Å². The molecule has 10 aromatic rings. The minimum atomic E-state index is -3.33. The van der Waals surface area contributed by atoms with Crippen molar-refractivity contribution < 1.29 is 4.57 Å². The highest BCUT2D eigenvalue weighted by Crippen LogP contribution is 2.53. The average molecular weight is 723 g/mol. The molecule has 1 atom stereocenters. The Bertz CT molecular complexity index is 3220. The third-order valence-corrected chi connectivity index (χ3v) is 14.6. The molecule has 0 N–H and O–H groups in total. The van der Waals surface area contributed by atoms with Crippen molar-refractivity contribution in [3.63, 3.8) is 0 Å². The van der Waals surface area contributed by atoms with Gasteiger partial charge in [0.1, 0.15) is 5.82 Å². The monoisotopic (exact) mass is 722 g/mol. The van der Waals surface area contributed by atoms with E-state index in [0.29, 0.717) is 0 Å². The van der Waals surface area contributed by atoms with E-state index in [1.54, 1.807) is 0 Å². The second-order valence-electron chi connectivity index (χ2n) is 14.5. The first-order valence-electron chi connectivity index (χ1n) is 19.0. The lowest BCUT2D eigenvalue weighted by atomic mass is 9.84. The highest BCUT2D eigenvalue weighted by atomic mass is 31.2. The van der Waals surface area contributed by atoms with Crippen LogP contribution in [0.1, 0.15) is 12.7 Å². The highest BCUT2D eigenvalue weighted by Gasteiger charge is 2.41. The first-order valence-corrected chi connectivity index (χ1v) is 20.7. The first-order chi connectivity index (χ1) is 27.1. The number of aryl methyl sites for hydroxylation is 1. The molecule has 1 aromatic heterocycles. The van der Waals surface area contributed by atoms with Gasteiger partial charge in [0.2, 0.25) is 0 Å². The molecule has 260 valence electrons. The van der Waals surface area contributed by atoms with E-state index in [0.717, 1.165) is 77.9 Å². The summed E-state index contributed by atoms with van der Waals surface area (Å²) in [6.45, 7) is 2.16. The maximum Gasteiger partial charge on any atom is 0.175 e. The van der Waals surface area contributed by atoms with E-state index in [9.17, 15) is 0 Å². The van der Waals surface area contributed by atoms with Gasteiger partial charge in [0.15, 0.2) is 7.14 Å². The van der Waals surface area contributed by atoms with Crippen LogP contribution < -0.4 is 15.9 Å². The first kappa shape index (κ1) is 31.9. The molecule has 0 spiro atoms. The van der Waals surface area contributed by atoms with Crippen LogP contribution in [0.3, 0.4) is 0 Å². The van der Waals surface area contributed by atoms with Crippen molar-refractivity contribution in [2.75, 3.05) is 0 Å². The molecule has 0 bridgehead atoms. The van der Waals surface area contributed by atoms with Crippen molar-refractivity contribution in [3.8, 4) is 39.1 Å². The smallest absolute Gasteiger partial charge is 0.175 e. The lowest BCUT2D eigenvalue weighted by Gasteiger charge is -2.31. The minimum Gasteiger partial charge on any atom is -0.308 e. The number of hydrogen-bond donors (Lipinski definition) is 0. The molecule has 1 aliphatic heterocycles. The fraction of sp³-hybridized carbons (Fsp3) is 0.0392. The predicted octanol–water partition coefficient (Wildman–Crippen LogP) is 12.0. The molecular weight excluding hydrogens is 688 g/mol. The number of fused-ring (bicyclic) bond motifs is 5. The molecule has 0 radical (unpaired) electrons. The molecule has 0 amide bonds. The van der Waals surface area contributed by atoms with Crippen LogP contribution in [-0.2, 0) is 11.0 Å². The van der Waals surface area contributed by atoms with Crippen LogP contribution in [0.5, 0.6) is 0 Å². The van der Waals surface area contributed by atoms with Crippen LogP contribution in [0.2, 0.25) is 0 Å². The van der Waals surface area contributed by atoms with Crippen molar-refractivity contribution in [2.24, 2.45) is 0 Å². The van der Waals surface area contributed by atoms with E-state index in [2.05, 4.69) is 157 Å². The lowest BCUT2D eigenvalue weighted by Crippen LogP contribution is -2.33. The van der Waals surface area contributed by atoms with Crippen molar-refractivity contribution in [2.45, 2.75) is 13.3 Å². The summed E-state index contributed by atoms with van der Waals surface area (Å²) in [7, 11) is -3.33. The molecular formula is C51H35N2OP. The van der Waals surface area contributed by atoms with Crippen LogP contribution in [0.25, 0.3) is 82.4 Å². The molecule has 1 unspecified atom stereocenters. The van der Waals surface area contributed by atoms with Crippen LogP contribution in [0.4, 0.5) is 0 Å². The Morgan fingerprint density at radius 2 is 1.16 bits per heavy atom. The number of hydrogen-bond acceptors (Lipinski definition) is 2. The number of para-hydroxylation sites is 2. The van der Waals surface area contributed by atoms with Crippen LogP contribution in [0, 0.1) is 0 Å². The fourth-order valence-electron chi connectivity index (χ4n) is 9.09. The molecule has 3 nitrogen and oxygen atoms in total. The number of rotatable bonds is 5. The van der Waals surface area contributed by atoms with Gasteiger partial charge in [-0.25, -0.2) is 4.98 Å². The third kappa shape index (κ3) is 4.64. The van der Waals surface area contributed by atoms with E-state index in [1.165, 1.54) is 32.7 Å². The maximum atomic E-state index is 16.2. The van der Waals surface area contributed by atoms with Gasteiger partial charge in [-0.05, 0) is 90.5 Å². The Labute approximate surface area is 319 Å². The van der Waals surface area contributed by atoms with Crippen LogP contribution >= 0.6 is 7.14 Å². The third-order valence-electron chi connectivity index (χ3n) is 11.5. The van der Waals surface area contributed by atoms with Crippen molar-refractivity contribution in [1.82, 2.24) is 9.55 Å². The molecule has 9 aromatic carbocycles. The molecule has 0 saturated heterocycles. The van der Waals surface area contributed by atoms with Crippen LogP contribution in [0.15, 0.2) is 182 Å². The van der Waals surface area contributed by atoms with Gasteiger partial charge < -0.3 is 4.57 Å². The summed E-state index contributed by atoms with van der Waals surface area (Å²) >= 11 is 0. The van der Waals surface area contributed by atoms with Crippen molar-refractivity contribution >= 4 is 66.4 Å². The average Bonchev–Trinajstić information content (AvgIpc) is 3.64. The Kier molecular flexibility index (Phi) is 7.11. The quantitative estimate of drug-likeness (QED) is 0.131. The number of nitrogens with zero attached hydrogens (tertiary/aromatic N) is 2. The van der Waals surface area contributed by atoms with Gasteiger partial charge in [-0.15, -0.1) is 0 Å². The van der Waals surface area contributed by atoms with Crippen molar-refractivity contribution in [1.29, 1.82) is 0 Å². The molecule has 0 aliphatic carbocycles. The van der Waals surface area contributed by atoms with Gasteiger partial charge in [-0.1, -0.05) is 159 Å². The summed E-state index contributed by atoms with van der Waals surface area (Å²) in [6, 6.07) is 64.4. The molecule has 0 saturated carbocycles. The second kappa shape index (κ2) is 12.2. The lowest BCUT2D eigenvalue weighted by molar-refractivity contribution is 0.592. The molecule has 55 heavy (non-hydrogen) atoms. The predicted molar refractivity (Wildman–Crippen MR) is 232 cm³/mol. The molecule has 11 rings (SSSR count). The largest absolute Gasteiger partial charge is 0.308 e. The van der Waals surface area contributed by atoms with E-state index in [-0.39, 0.29) is 0 Å². The molecule has 2 heterocycles. The normalized spacial score (nSPS) is 14.9. The Morgan fingerprint density at radius 3 is 1.96 bits per heavy atom. The Hall–Kier alpha value is -6.54. The summed E-state index contributed by atoms with van der Waals surface area (Å²) in [4.78, 5) is 5.19. The number of benzene rings is 9. The second-order valence-corrected chi connectivity index (χ2v) is 17.2. The standard InChI is InChI=1S/C51H35N2OP/c1-2-47-52-44-24-14-26-46-51(44)53(47)50-42(23-13-25-45(50)55(46,54)38-19-7-4-8-20-38)49-40-22-12-11-21-39(40)48(37-28-27-34-17-9-10-18-35(34)31-37)41-30-29-36(32-43(41)49)33-15-5-3-6-16-33/h3-32H,2H2,1H3. The molecule has 4 heteroatoms. The SMILES string of the molecule is CCc1nc2cccc3c2n1-c1c(-c2c4ccccc4c(-c4ccc5ccccc5c4)c4ccc(-c5ccccc5)cc24)cccc1P3(=O)c1ccccc1.